The summed E-state index contributed by atoms with van der Waals surface area (Å²) in [4.78, 5) is 11.9. The first-order chi connectivity index (χ1) is 13.9. The molecule has 2 N–H and O–H groups in total. The van der Waals surface area contributed by atoms with E-state index in [0.29, 0.717) is 13.0 Å². The van der Waals surface area contributed by atoms with Gasteiger partial charge in [0, 0.05) is 31.9 Å². The molecule has 1 amide bonds. The van der Waals surface area contributed by atoms with E-state index < -0.39 is 15.8 Å². The highest BCUT2D eigenvalue weighted by Gasteiger charge is 2.13. The quantitative estimate of drug-likeness (QED) is 0.524. The summed E-state index contributed by atoms with van der Waals surface area (Å²) in [6, 6.07) is 14.1. The summed E-state index contributed by atoms with van der Waals surface area (Å²) in [6.45, 7) is 0.505. The minimum absolute atomic E-state index is 0.0121. The van der Waals surface area contributed by atoms with E-state index in [1.165, 1.54) is 12.1 Å². The van der Waals surface area contributed by atoms with Crippen molar-refractivity contribution in [2.45, 2.75) is 24.3 Å². The van der Waals surface area contributed by atoms with E-state index >= 15 is 0 Å². The normalized spacial score (nSPS) is 11.3. The first-order valence-electron chi connectivity index (χ1n) is 9.05. The van der Waals surface area contributed by atoms with Crippen LogP contribution in [0, 0.1) is 5.82 Å². The molecule has 0 aliphatic carbocycles. The Balaban J connectivity index is 1.38. The average molecular weight is 416 g/mol. The molecule has 0 radical (unpaired) electrons. The van der Waals surface area contributed by atoms with Crippen LogP contribution in [-0.2, 0) is 21.4 Å². The van der Waals surface area contributed by atoms with Gasteiger partial charge in [-0.05, 0) is 54.4 Å². The highest BCUT2D eigenvalue weighted by atomic mass is 32.2. The largest absolute Gasteiger partial charge is 0.352 e. The number of halogens is 1. The summed E-state index contributed by atoms with van der Waals surface area (Å²) in [5.41, 5.74) is 1.88. The predicted molar refractivity (Wildman–Crippen MR) is 106 cm³/mol. The number of benzene rings is 2. The summed E-state index contributed by atoms with van der Waals surface area (Å²) in [5.74, 6) is -0.668. The number of sulfonamides is 1. The maximum absolute atomic E-state index is 12.9. The van der Waals surface area contributed by atoms with Crippen LogP contribution < -0.4 is 10.0 Å². The molecular formula is C20H21FN4O3S. The third-order valence-corrected chi connectivity index (χ3v) is 5.67. The minimum Gasteiger partial charge on any atom is -0.352 e. The molecular weight excluding hydrogens is 395 g/mol. The SMILES string of the molecule is O=C(CCCNS(=O)(=O)c1ccc(F)cc1)NCc1ccc(-n2cccn2)cc1. The van der Waals surface area contributed by atoms with Crippen LogP contribution in [0.4, 0.5) is 4.39 Å². The zero-order valence-electron chi connectivity index (χ0n) is 15.6. The maximum Gasteiger partial charge on any atom is 0.240 e. The Bertz CT molecular complexity index is 1030. The molecule has 0 aliphatic heterocycles. The molecule has 7 nitrogen and oxygen atoms in total. The van der Waals surface area contributed by atoms with Crippen molar-refractivity contribution in [1.82, 2.24) is 19.8 Å². The third-order valence-electron chi connectivity index (χ3n) is 4.19. The van der Waals surface area contributed by atoms with Gasteiger partial charge in [0.05, 0.1) is 10.6 Å². The fourth-order valence-electron chi connectivity index (χ4n) is 2.63. The first kappa shape index (κ1) is 20.7. The van der Waals surface area contributed by atoms with E-state index in [0.717, 1.165) is 23.4 Å². The fourth-order valence-corrected chi connectivity index (χ4v) is 3.70. The van der Waals surface area contributed by atoms with E-state index in [1.807, 2.05) is 36.5 Å². The molecule has 0 spiro atoms. The van der Waals surface area contributed by atoms with Gasteiger partial charge in [0.1, 0.15) is 5.82 Å². The van der Waals surface area contributed by atoms with Gasteiger partial charge in [-0.15, -0.1) is 0 Å². The number of aromatic nitrogens is 2. The van der Waals surface area contributed by atoms with Crippen molar-refractivity contribution in [2.24, 2.45) is 0 Å². The van der Waals surface area contributed by atoms with Gasteiger partial charge in [0.2, 0.25) is 15.9 Å². The average Bonchev–Trinajstić information content (AvgIpc) is 3.25. The highest BCUT2D eigenvalue weighted by molar-refractivity contribution is 7.89. The van der Waals surface area contributed by atoms with Gasteiger partial charge in [-0.2, -0.15) is 5.10 Å². The van der Waals surface area contributed by atoms with Crippen LogP contribution in [0.1, 0.15) is 18.4 Å². The number of nitrogens with one attached hydrogen (secondary N) is 2. The summed E-state index contributed by atoms with van der Waals surface area (Å²) in [5, 5.41) is 6.96. The molecule has 3 rings (SSSR count). The van der Waals surface area contributed by atoms with Crippen molar-refractivity contribution in [3.63, 3.8) is 0 Å². The molecule has 0 atom stereocenters. The number of carbonyl (C=O) groups is 1. The van der Waals surface area contributed by atoms with Crippen LogP contribution in [0.15, 0.2) is 71.9 Å². The molecule has 152 valence electrons. The minimum atomic E-state index is -3.71. The number of amides is 1. The van der Waals surface area contributed by atoms with Crippen LogP contribution in [0.3, 0.4) is 0 Å². The molecule has 29 heavy (non-hydrogen) atoms. The molecule has 1 heterocycles. The van der Waals surface area contributed by atoms with E-state index in [-0.39, 0.29) is 23.8 Å². The Morgan fingerprint density at radius 2 is 1.79 bits per heavy atom. The lowest BCUT2D eigenvalue weighted by Crippen LogP contribution is -2.27. The summed E-state index contributed by atoms with van der Waals surface area (Å²) < 4.78 is 41.2. The Hall–Kier alpha value is -3.04. The van der Waals surface area contributed by atoms with E-state index in [9.17, 15) is 17.6 Å². The van der Waals surface area contributed by atoms with Crippen LogP contribution in [0.2, 0.25) is 0 Å². The molecule has 0 unspecified atom stereocenters. The van der Waals surface area contributed by atoms with Crippen molar-refractivity contribution in [2.75, 3.05) is 6.54 Å². The standard InChI is InChI=1S/C20H21FN4O3S/c21-17-6-10-19(11-7-17)29(27,28)24-13-1-3-20(26)22-15-16-4-8-18(9-5-16)25-14-2-12-23-25/h2,4-12,14,24H,1,3,13,15H2,(H,22,26). The Kier molecular flexibility index (Phi) is 6.73. The zero-order valence-corrected chi connectivity index (χ0v) is 16.4. The van der Waals surface area contributed by atoms with E-state index in [4.69, 9.17) is 0 Å². The number of hydrogen-bond acceptors (Lipinski definition) is 4. The van der Waals surface area contributed by atoms with Crippen LogP contribution in [0.5, 0.6) is 0 Å². The smallest absolute Gasteiger partial charge is 0.240 e. The number of nitrogens with zero attached hydrogens (tertiary/aromatic N) is 2. The second-order valence-corrected chi connectivity index (χ2v) is 8.12. The molecule has 3 aromatic rings. The number of hydrogen-bond donors (Lipinski definition) is 2. The lowest BCUT2D eigenvalue weighted by molar-refractivity contribution is -0.121. The number of carbonyl (C=O) groups excluding carboxylic acids is 1. The summed E-state index contributed by atoms with van der Waals surface area (Å²) >= 11 is 0. The molecule has 1 aromatic heterocycles. The first-order valence-corrected chi connectivity index (χ1v) is 10.5. The number of rotatable bonds is 9. The predicted octanol–water partition coefficient (Wildman–Crippen LogP) is 2.39. The Morgan fingerprint density at radius 3 is 2.45 bits per heavy atom. The molecule has 2 aromatic carbocycles. The van der Waals surface area contributed by atoms with Crippen LogP contribution >= 0.6 is 0 Å². The topological polar surface area (TPSA) is 93.1 Å². The lowest BCUT2D eigenvalue weighted by atomic mass is 10.2. The monoisotopic (exact) mass is 416 g/mol. The zero-order chi connectivity index (χ0) is 20.7. The maximum atomic E-state index is 12.9. The molecule has 0 saturated carbocycles. The lowest BCUT2D eigenvalue weighted by Gasteiger charge is -2.08. The van der Waals surface area contributed by atoms with Crippen molar-refractivity contribution >= 4 is 15.9 Å². The molecule has 0 bridgehead atoms. The highest BCUT2D eigenvalue weighted by Crippen LogP contribution is 2.10. The van der Waals surface area contributed by atoms with Gasteiger partial charge in [-0.25, -0.2) is 22.2 Å². The molecule has 0 saturated heterocycles. The van der Waals surface area contributed by atoms with Gasteiger partial charge in [-0.3, -0.25) is 4.79 Å². The van der Waals surface area contributed by atoms with Gasteiger partial charge >= 0.3 is 0 Å². The Labute approximate surface area is 168 Å². The fraction of sp³-hybridized carbons (Fsp3) is 0.200. The van der Waals surface area contributed by atoms with Crippen molar-refractivity contribution < 1.29 is 17.6 Å². The van der Waals surface area contributed by atoms with Crippen molar-refractivity contribution in [3.05, 3.63) is 78.4 Å². The van der Waals surface area contributed by atoms with E-state index in [1.54, 1.807) is 10.9 Å². The second kappa shape index (κ2) is 9.44. The second-order valence-electron chi connectivity index (χ2n) is 6.35. The Morgan fingerprint density at radius 1 is 1.07 bits per heavy atom. The van der Waals surface area contributed by atoms with Gasteiger partial charge < -0.3 is 5.32 Å². The van der Waals surface area contributed by atoms with Crippen molar-refractivity contribution in [1.29, 1.82) is 0 Å². The third kappa shape index (κ3) is 5.97. The van der Waals surface area contributed by atoms with Gasteiger partial charge in [0.15, 0.2) is 0 Å². The molecule has 0 fully saturated rings. The summed E-state index contributed by atoms with van der Waals surface area (Å²) in [7, 11) is -3.71. The summed E-state index contributed by atoms with van der Waals surface area (Å²) in [6.07, 6.45) is 4.09. The van der Waals surface area contributed by atoms with Gasteiger partial charge in [0.25, 0.3) is 0 Å². The van der Waals surface area contributed by atoms with Crippen LogP contribution in [-0.4, -0.2) is 30.7 Å². The van der Waals surface area contributed by atoms with Crippen LogP contribution in [0.25, 0.3) is 5.69 Å². The van der Waals surface area contributed by atoms with Crippen molar-refractivity contribution in [3.8, 4) is 5.69 Å². The van der Waals surface area contributed by atoms with E-state index in [2.05, 4.69) is 15.1 Å². The van der Waals surface area contributed by atoms with Gasteiger partial charge in [-0.1, -0.05) is 12.1 Å². The molecule has 0 aliphatic rings. The molecule has 9 heteroatoms.